The molecule has 0 unspecified atom stereocenters. The maximum absolute atomic E-state index is 2.39. The number of rotatable bonds is 3. The van der Waals surface area contributed by atoms with Gasteiger partial charge in [0.05, 0.1) is 0 Å². The highest BCUT2D eigenvalue weighted by Crippen LogP contribution is 2.36. The summed E-state index contributed by atoms with van der Waals surface area (Å²) in [6, 6.07) is 20.2. The summed E-state index contributed by atoms with van der Waals surface area (Å²) < 4.78 is 0. The largest absolute Gasteiger partial charge is 0.0613 e. The maximum Gasteiger partial charge on any atom is -0.0120 e. The molecule has 0 spiro atoms. The fourth-order valence-electron chi connectivity index (χ4n) is 3.42. The molecule has 0 N–H and O–H groups in total. The number of hydrogen-bond donors (Lipinski definition) is 0. The van der Waals surface area contributed by atoms with E-state index in [4.69, 9.17) is 0 Å². The Morgan fingerprint density at radius 3 is 1.62 bits per heavy atom. The van der Waals surface area contributed by atoms with Crippen LogP contribution in [0.5, 0.6) is 0 Å². The van der Waals surface area contributed by atoms with Gasteiger partial charge in [-0.3, -0.25) is 0 Å². The molecule has 3 aromatic rings. The van der Waals surface area contributed by atoms with Crippen LogP contribution in [-0.4, -0.2) is 0 Å². The summed E-state index contributed by atoms with van der Waals surface area (Å²) in [5.41, 5.74) is 12.2. The molecule has 3 rings (SSSR count). The van der Waals surface area contributed by atoms with Crippen molar-refractivity contribution in [1.29, 1.82) is 0 Å². The van der Waals surface area contributed by atoms with Crippen LogP contribution in [0, 0.1) is 27.7 Å². The average molecular weight is 314 g/mol. The molecule has 0 aliphatic heterocycles. The molecule has 0 saturated heterocycles. The summed E-state index contributed by atoms with van der Waals surface area (Å²) in [7, 11) is 0. The van der Waals surface area contributed by atoms with E-state index in [0.717, 1.165) is 6.42 Å². The molecule has 0 saturated carbocycles. The zero-order valence-corrected chi connectivity index (χ0v) is 15.4. The molecule has 0 fully saturated rings. The van der Waals surface area contributed by atoms with Crippen molar-refractivity contribution in [2.24, 2.45) is 0 Å². The Hall–Kier alpha value is -2.34. The van der Waals surface area contributed by atoms with Crippen LogP contribution in [0.1, 0.15) is 34.7 Å². The zero-order valence-electron chi connectivity index (χ0n) is 15.4. The molecule has 0 heterocycles. The van der Waals surface area contributed by atoms with Gasteiger partial charge in [-0.1, -0.05) is 72.6 Å². The Kier molecular flexibility index (Phi) is 4.57. The van der Waals surface area contributed by atoms with Gasteiger partial charge < -0.3 is 0 Å². The van der Waals surface area contributed by atoms with E-state index in [1.807, 2.05) is 0 Å². The van der Waals surface area contributed by atoms with Crippen LogP contribution in [-0.2, 0) is 6.42 Å². The third-order valence-corrected chi connectivity index (χ3v) is 5.06. The quantitative estimate of drug-likeness (QED) is 0.497. The van der Waals surface area contributed by atoms with Crippen molar-refractivity contribution in [3.63, 3.8) is 0 Å². The average Bonchev–Trinajstić information content (AvgIpc) is 2.59. The smallest absolute Gasteiger partial charge is 0.0120 e. The van der Waals surface area contributed by atoms with Gasteiger partial charge in [-0.05, 0) is 73.1 Å². The molecular weight excluding hydrogens is 288 g/mol. The van der Waals surface area contributed by atoms with E-state index in [-0.39, 0.29) is 0 Å². The van der Waals surface area contributed by atoms with Crippen molar-refractivity contribution in [3.05, 3.63) is 82.4 Å². The van der Waals surface area contributed by atoms with Crippen molar-refractivity contribution in [3.8, 4) is 22.3 Å². The molecule has 0 heteroatoms. The van der Waals surface area contributed by atoms with E-state index in [1.54, 1.807) is 0 Å². The first-order chi connectivity index (χ1) is 11.5. The Bertz CT molecular complexity index is 850. The lowest BCUT2D eigenvalue weighted by Crippen LogP contribution is -1.98. The first-order valence-electron chi connectivity index (χ1n) is 8.78. The van der Waals surface area contributed by atoms with Gasteiger partial charge in [0.15, 0.2) is 0 Å². The molecule has 0 atom stereocenters. The molecule has 3 aromatic carbocycles. The fraction of sp³-hybridized carbons (Fsp3) is 0.250. The third-order valence-electron chi connectivity index (χ3n) is 5.06. The van der Waals surface area contributed by atoms with Gasteiger partial charge in [-0.2, -0.15) is 0 Å². The van der Waals surface area contributed by atoms with Crippen molar-refractivity contribution in [1.82, 2.24) is 0 Å². The molecule has 0 nitrogen and oxygen atoms in total. The zero-order chi connectivity index (χ0) is 17.3. The van der Waals surface area contributed by atoms with Gasteiger partial charge in [0.25, 0.3) is 0 Å². The first kappa shape index (κ1) is 16.5. The molecule has 0 aliphatic rings. The molecule has 122 valence electrons. The molecule has 0 bridgehead atoms. The molecule has 0 aromatic heterocycles. The number of hydrogen-bond acceptors (Lipinski definition) is 0. The Balaban J connectivity index is 2.21. The van der Waals surface area contributed by atoms with E-state index in [2.05, 4.69) is 89.2 Å². The molecule has 0 aliphatic carbocycles. The standard InChI is InChI=1S/C24H26/c1-6-20-15-23(21-11-7-16(2)8-12-21)18(4)19(5)24(20)22-13-9-17(3)10-14-22/h7-15H,6H2,1-5H3. The Labute approximate surface area is 146 Å². The van der Waals surface area contributed by atoms with Gasteiger partial charge in [-0.25, -0.2) is 0 Å². The summed E-state index contributed by atoms with van der Waals surface area (Å²) in [6.45, 7) is 11.0. The topological polar surface area (TPSA) is 0 Å². The fourth-order valence-corrected chi connectivity index (χ4v) is 3.42. The molecule has 24 heavy (non-hydrogen) atoms. The monoisotopic (exact) mass is 314 g/mol. The van der Waals surface area contributed by atoms with Crippen molar-refractivity contribution in [2.45, 2.75) is 41.0 Å². The van der Waals surface area contributed by atoms with Gasteiger partial charge in [0, 0.05) is 0 Å². The third kappa shape index (κ3) is 3.01. The number of benzene rings is 3. The van der Waals surface area contributed by atoms with Crippen molar-refractivity contribution in [2.75, 3.05) is 0 Å². The van der Waals surface area contributed by atoms with Crippen LogP contribution in [0.15, 0.2) is 54.6 Å². The predicted octanol–water partition coefficient (Wildman–Crippen LogP) is 6.82. The highest BCUT2D eigenvalue weighted by molar-refractivity contribution is 5.80. The first-order valence-corrected chi connectivity index (χ1v) is 8.78. The summed E-state index contributed by atoms with van der Waals surface area (Å²) in [5.74, 6) is 0. The van der Waals surface area contributed by atoms with Crippen LogP contribution in [0.25, 0.3) is 22.3 Å². The van der Waals surface area contributed by atoms with Crippen LogP contribution in [0.3, 0.4) is 0 Å². The summed E-state index contributed by atoms with van der Waals surface area (Å²) in [4.78, 5) is 0. The van der Waals surface area contributed by atoms with E-state index in [0.29, 0.717) is 0 Å². The lowest BCUT2D eigenvalue weighted by Gasteiger charge is -2.19. The summed E-state index contributed by atoms with van der Waals surface area (Å²) in [6.07, 6.45) is 1.04. The number of aryl methyl sites for hydroxylation is 3. The van der Waals surface area contributed by atoms with Crippen LogP contribution >= 0.6 is 0 Å². The minimum Gasteiger partial charge on any atom is -0.0613 e. The van der Waals surface area contributed by atoms with E-state index >= 15 is 0 Å². The molecular formula is C24H26. The highest BCUT2D eigenvalue weighted by Gasteiger charge is 2.14. The predicted molar refractivity (Wildman–Crippen MR) is 106 cm³/mol. The SMILES string of the molecule is CCc1cc(-c2ccc(C)cc2)c(C)c(C)c1-c1ccc(C)cc1. The molecule has 0 amide bonds. The van der Waals surface area contributed by atoms with Gasteiger partial charge >= 0.3 is 0 Å². The minimum absolute atomic E-state index is 1.04. The lowest BCUT2D eigenvalue weighted by atomic mass is 9.85. The van der Waals surface area contributed by atoms with Gasteiger partial charge in [0.2, 0.25) is 0 Å². The van der Waals surface area contributed by atoms with Crippen molar-refractivity contribution < 1.29 is 0 Å². The Morgan fingerprint density at radius 1 is 0.625 bits per heavy atom. The van der Waals surface area contributed by atoms with Crippen LogP contribution in [0.2, 0.25) is 0 Å². The summed E-state index contributed by atoms with van der Waals surface area (Å²) in [5, 5.41) is 0. The van der Waals surface area contributed by atoms with E-state index in [9.17, 15) is 0 Å². The van der Waals surface area contributed by atoms with Crippen LogP contribution < -0.4 is 0 Å². The molecule has 0 radical (unpaired) electrons. The van der Waals surface area contributed by atoms with E-state index < -0.39 is 0 Å². The minimum atomic E-state index is 1.04. The van der Waals surface area contributed by atoms with Crippen molar-refractivity contribution >= 4 is 0 Å². The lowest BCUT2D eigenvalue weighted by molar-refractivity contribution is 1.13. The van der Waals surface area contributed by atoms with Gasteiger partial charge in [-0.15, -0.1) is 0 Å². The Morgan fingerprint density at radius 2 is 1.12 bits per heavy atom. The maximum atomic E-state index is 2.39. The van der Waals surface area contributed by atoms with E-state index in [1.165, 1.54) is 50.1 Å². The summed E-state index contributed by atoms with van der Waals surface area (Å²) >= 11 is 0. The normalized spacial score (nSPS) is 10.9. The van der Waals surface area contributed by atoms with Gasteiger partial charge in [0.1, 0.15) is 0 Å². The second kappa shape index (κ2) is 6.65. The second-order valence-corrected chi connectivity index (χ2v) is 6.79. The second-order valence-electron chi connectivity index (χ2n) is 6.79. The van der Waals surface area contributed by atoms with Crippen LogP contribution in [0.4, 0.5) is 0 Å². The highest BCUT2D eigenvalue weighted by atomic mass is 14.2.